The fraction of sp³-hybridized carbons (Fsp3) is 0.500. The monoisotopic (exact) mass is 792 g/mol. The van der Waals surface area contributed by atoms with E-state index in [0.29, 0.717) is 13.1 Å². The van der Waals surface area contributed by atoms with Gasteiger partial charge in [-0.25, -0.2) is 19.6 Å². The zero-order valence-electron chi connectivity index (χ0n) is 34.4. The standard InChI is InChI=1S/C44H56N8O6/c1-25(2)37(49-43(55)57-5)41(53)51-19-7-9-35(51)39-45-23-33(47-39)31-21-27-11-15-29(31)17-13-28-12-16-30(18-14-27)32(22-28)34-24-46-40(48-34)36-10-8-20-52(36)42(54)38(26(3)4)50-44(56)58-6/h11-12,15-16,21-26,35-38H,7-10,13-14,17-20H2,1-6H3,(H,45,47)(H,46,48)(H,49,55)(H,50,56). The highest BCUT2D eigenvalue weighted by atomic mass is 16.5. The molecular formula is C44H56N8O6. The van der Waals surface area contributed by atoms with E-state index in [1.165, 1.54) is 36.5 Å². The van der Waals surface area contributed by atoms with Gasteiger partial charge in [0.15, 0.2) is 0 Å². The summed E-state index contributed by atoms with van der Waals surface area (Å²) in [5.74, 6) is 1.02. The van der Waals surface area contributed by atoms with Crippen LogP contribution in [-0.2, 0) is 44.7 Å². The fourth-order valence-corrected chi connectivity index (χ4v) is 8.73. The first-order valence-corrected chi connectivity index (χ1v) is 20.6. The van der Waals surface area contributed by atoms with E-state index in [1.54, 1.807) is 0 Å². The van der Waals surface area contributed by atoms with Gasteiger partial charge in [0.25, 0.3) is 0 Å². The third-order valence-electron chi connectivity index (χ3n) is 12.0. The largest absolute Gasteiger partial charge is 0.453 e. The molecule has 4 N–H and O–H groups in total. The predicted octanol–water partition coefficient (Wildman–Crippen LogP) is 6.44. The summed E-state index contributed by atoms with van der Waals surface area (Å²) in [4.78, 5) is 72.1. The van der Waals surface area contributed by atoms with Crippen LogP contribution in [0, 0.1) is 11.8 Å². The Bertz CT molecular complexity index is 1990. The molecule has 4 atom stereocenters. The molecule has 14 heteroatoms. The van der Waals surface area contributed by atoms with Crippen LogP contribution < -0.4 is 10.6 Å². The highest BCUT2D eigenvalue weighted by Crippen LogP contribution is 2.36. The molecule has 308 valence electrons. The van der Waals surface area contributed by atoms with Crippen molar-refractivity contribution in [2.45, 2.75) is 103 Å². The minimum Gasteiger partial charge on any atom is -0.453 e. The SMILES string of the molecule is COC(=O)NC(C(=O)N1CCCC1c1ncc(-c2cc3ccc2CCc2ccc(c(-c4cnc(C5CCCN5C(=O)C(NC(=O)OC)C(C)C)[nH]4)c2)CC3)[nH]1)C(C)C. The van der Waals surface area contributed by atoms with Crippen molar-refractivity contribution in [1.29, 1.82) is 0 Å². The third-order valence-corrected chi connectivity index (χ3v) is 12.0. The zero-order chi connectivity index (χ0) is 41.1. The van der Waals surface area contributed by atoms with Crippen LogP contribution in [0.5, 0.6) is 0 Å². The van der Waals surface area contributed by atoms with Gasteiger partial charge in [-0.1, -0.05) is 52.0 Å². The van der Waals surface area contributed by atoms with Crippen molar-refractivity contribution < 1.29 is 28.7 Å². The first kappa shape index (κ1) is 40.5. The van der Waals surface area contributed by atoms with E-state index in [4.69, 9.17) is 19.4 Å². The maximum absolute atomic E-state index is 13.7. The lowest BCUT2D eigenvalue weighted by Crippen LogP contribution is -2.51. The summed E-state index contributed by atoms with van der Waals surface area (Å²) in [5, 5.41) is 5.45. The Morgan fingerprint density at radius 3 is 1.45 bits per heavy atom. The maximum Gasteiger partial charge on any atom is 0.407 e. The van der Waals surface area contributed by atoms with E-state index in [0.717, 1.165) is 85.5 Å². The number of ether oxygens (including phenoxy) is 2. The van der Waals surface area contributed by atoms with Crippen LogP contribution in [0.4, 0.5) is 9.59 Å². The van der Waals surface area contributed by atoms with Crippen molar-refractivity contribution in [3.05, 3.63) is 82.7 Å². The Kier molecular flexibility index (Phi) is 12.2. The van der Waals surface area contributed by atoms with Crippen molar-refractivity contribution in [3.8, 4) is 22.5 Å². The van der Waals surface area contributed by atoms with E-state index in [1.807, 2.05) is 49.9 Å². The van der Waals surface area contributed by atoms with Crippen LogP contribution in [-0.4, -0.2) is 93.1 Å². The third kappa shape index (κ3) is 8.46. The second-order valence-corrected chi connectivity index (χ2v) is 16.4. The number of hydrogen-bond acceptors (Lipinski definition) is 8. The number of rotatable bonds is 10. The summed E-state index contributed by atoms with van der Waals surface area (Å²) in [7, 11) is 2.60. The average Bonchev–Trinajstić information content (AvgIpc) is 4.06. The number of amides is 4. The predicted molar refractivity (Wildman–Crippen MR) is 219 cm³/mol. The molecule has 4 amide bonds. The number of imidazole rings is 2. The fourth-order valence-electron chi connectivity index (χ4n) is 8.73. The lowest BCUT2D eigenvalue weighted by molar-refractivity contribution is -0.136. The Morgan fingerprint density at radius 1 is 0.655 bits per heavy atom. The Labute approximate surface area is 339 Å². The Balaban J connectivity index is 1.09. The summed E-state index contributed by atoms with van der Waals surface area (Å²) >= 11 is 0. The number of H-pyrrole nitrogens is 2. The number of likely N-dealkylation sites (tertiary alicyclic amines) is 2. The van der Waals surface area contributed by atoms with Crippen molar-refractivity contribution >= 4 is 24.0 Å². The van der Waals surface area contributed by atoms with Crippen LogP contribution in [0.25, 0.3) is 22.5 Å². The second kappa shape index (κ2) is 17.5. The minimum atomic E-state index is -0.692. The molecule has 4 unspecified atom stereocenters. The summed E-state index contributed by atoms with van der Waals surface area (Å²) in [6, 6.07) is 11.6. The molecular weight excluding hydrogens is 737 g/mol. The van der Waals surface area contributed by atoms with E-state index in [-0.39, 0.29) is 35.7 Å². The molecule has 2 aromatic heterocycles. The minimum absolute atomic E-state index is 0.108. The Morgan fingerprint density at radius 2 is 1.07 bits per heavy atom. The maximum atomic E-state index is 13.7. The lowest BCUT2D eigenvalue weighted by Gasteiger charge is -2.30. The number of carbonyl (C=O) groups is 4. The van der Waals surface area contributed by atoms with Gasteiger partial charge < -0.3 is 39.9 Å². The first-order chi connectivity index (χ1) is 27.9. The molecule has 4 aromatic rings. The topological polar surface area (TPSA) is 175 Å². The van der Waals surface area contributed by atoms with Crippen molar-refractivity contribution in [2.75, 3.05) is 27.3 Å². The molecule has 2 saturated heterocycles. The van der Waals surface area contributed by atoms with E-state index >= 15 is 0 Å². The molecule has 14 nitrogen and oxygen atoms in total. The molecule has 0 radical (unpaired) electrons. The van der Waals surface area contributed by atoms with Gasteiger partial charge >= 0.3 is 12.2 Å². The van der Waals surface area contributed by atoms with Gasteiger partial charge in [-0.15, -0.1) is 0 Å². The van der Waals surface area contributed by atoms with Crippen molar-refractivity contribution in [2.24, 2.45) is 11.8 Å². The second-order valence-electron chi connectivity index (χ2n) is 16.4. The molecule has 58 heavy (non-hydrogen) atoms. The molecule has 4 heterocycles. The summed E-state index contributed by atoms with van der Waals surface area (Å²) in [6.07, 6.45) is 9.09. The van der Waals surface area contributed by atoms with Gasteiger partial charge in [0.05, 0.1) is 50.1 Å². The highest BCUT2D eigenvalue weighted by molar-refractivity contribution is 5.87. The van der Waals surface area contributed by atoms with Crippen LogP contribution in [0.15, 0.2) is 48.8 Å². The Hall–Kier alpha value is -5.66. The molecule has 2 fully saturated rings. The van der Waals surface area contributed by atoms with Gasteiger partial charge in [-0.05, 0) is 97.6 Å². The van der Waals surface area contributed by atoms with Crippen LogP contribution >= 0.6 is 0 Å². The number of benzene rings is 2. The number of nitrogens with one attached hydrogen (secondary N) is 4. The number of aromatic nitrogens is 4. The van der Waals surface area contributed by atoms with Gasteiger partial charge in [-0.2, -0.15) is 0 Å². The number of methoxy groups -OCH3 is 2. The van der Waals surface area contributed by atoms with Crippen LogP contribution in [0.2, 0.25) is 0 Å². The van der Waals surface area contributed by atoms with Crippen molar-refractivity contribution in [1.82, 2.24) is 40.4 Å². The molecule has 0 spiro atoms. The van der Waals surface area contributed by atoms with E-state index < -0.39 is 24.3 Å². The molecule has 10 rings (SSSR count). The van der Waals surface area contributed by atoms with Crippen molar-refractivity contribution in [3.63, 3.8) is 0 Å². The van der Waals surface area contributed by atoms with Gasteiger partial charge in [0, 0.05) is 24.2 Å². The number of nitrogens with zero attached hydrogens (tertiary/aromatic N) is 4. The average molecular weight is 793 g/mol. The van der Waals surface area contributed by atoms with Gasteiger partial charge in [-0.3, -0.25) is 9.59 Å². The smallest absolute Gasteiger partial charge is 0.407 e. The zero-order valence-corrected chi connectivity index (χ0v) is 34.4. The number of hydrogen-bond donors (Lipinski definition) is 4. The summed E-state index contributed by atoms with van der Waals surface area (Å²) < 4.78 is 9.60. The number of carbonyl (C=O) groups excluding carboxylic acids is 4. The molecule has 4 aliphatic carbocycles. The molecule has 2 aromatic carbocycles. The number of aryl methyl sites for hydroxylation is 4. The normalized spacial score (nSPS) is 18.9. The number of aromatic amines is 2. The van der Waals surface area contributed by atoms with Gasteiger partial charge in [0.2, 0.25) is 11.8 Å². The first-order valence-electron chi connectivity index (χ1n) is 20.6. The quantitative estimate of drug-likeness (QED) is 0.142. The van der Waals surface area contributed by atoms with Crippen LogP contribution in [0.3, 0.4) is 0 Å². The lowest BCUT2D eigenvalue weighted by atomic mass is 9.90. The van der Waals surface area contributed by atoms with Gasteiger partial charge in [0.1, 0.15) is 23.7 Å². The molecule has 2 aliphatic heterocycles. The molecule has 6 aliphatic rings. The molecule has 4 bridgehead atoms. The van der Waals surface area contributed by atoms with E-state index in [9.17, 15) is 19.2 Å². The summed E-state index contributed by atoms with van der Waals surface area (Å²) in [6.45, 7) is 8.85. The molecule has 0 saturated carbocycles. The van der Waals surface area contributed by atoms with Crippen LogP contribution in [0.1, 0.15) is 99.4 Å². The highest BCUT2D eigenvalue weighted by Gasteiger charge is 2.39. The summed E-state index contributed by atoms with van der Waals surface area (Å²) in [5.41, 5.74) is 8.93. The number of alkyl carbamates (subject to hydrolysis) is 2. The van der Waals surface area contributed by atoms with E-state index in [2.05, 4.69) is 57.0 Å².